The van der Waals surface area contributed by atoms with Gasteiger partial charge in [-0.3, -0.25) is 4.79 Å². The van der Waals surface area contributed by atoms with Crippen molar-refractivity contribution in [3.63, 3.8) is 0 Å². The summed E-state index contributed by atoms with van der Waals surface area (Å²) in [5.41, 5.74) is 2.72. The number of halogens is 3. The molecule has 0 aliphatic carbocycles. The Hall–Kier alpha value is -3.92. The lowest BCUT2D eigenvalue weighted by Gasteiger charge is -2.15. The van der Waals surface area contributed by atoms with Crippen LogP contribution in [0.25, 0.3) is 22.3 Å². The number of esters is 1. The van der Waals surface area contributed by atoms with E-state index in [9.17, 15) is 18.0 Å². The molecule has 0 aliphatic rings. The summed E-state index contributed by atoms with van der Waals surface area (Å²) in [6, 6.07) is 12.3. The maximum Gasteiger partial charge on any atom is 0.416 e. The van der Waals surface area contributed by atoms with Crippen LogP contribution < -0.4 is 4.74 Å². The van der Waals surface area contributed by atoms with Crippen LogP contribution in [0, 0.1) is 6.92 Å². The van der Waals surface area contributed by atoms with Gasteiger partial charge in [0, 0.05) is 42.6 Å². The number of aryl methyl sites for hydroxylation is 1. The van der Waals surface area contributed by atoms with Crippen LogP contribution in [0.5, 0.6) is 5.75 Å². The van der Waals surface area contributed by atoms with Crippen LogP contribution in [0.15, 0.2) is 54.7 Å². The van der Waals surface area contributed by atoms with E-state index >= 15 is 0 Å². The minimum Gasteiger partial charge on any atom is -0.489 e. The van der Waals surface area contributed by atoms with Gasteiger partial charge in [-0.2, -0.15) is 13.2 Å². The largest absolute Gasteiger partial charge is 0.489 e. The molecule has 0 spiro atoms. The molecule has 2 aromatic heterocycles. The Morgan fingerprint density at radius 3 is 2.50 bits per heavy atom. The molecule has 4 rings (SSSR count). The van der Waals surface area contributed by atoms with Gasteiger partial charge >= 0.3 is 12.1 Å². The Kier molecular flexibility index (Phi) is 8.31. The molecule has 0 bridgehead atoms. The number of hydrogen-bond donors (Lipinski definition) is 0. The number of hydrogen-bond acceptors (Lipinski definition) is 6. The zero-order valence-electron chi connectivity index (χ0n) is 21.3. The second-order valence-electron chi connectivity index (χ2n) is 8.63. The number of methoxy groups -OCH3 is 1. The average molecular weight is 528 g/mol. The van der Waals surface area contributed by atoms with Gasteiger partial charge in [0.1, 0.15) is 18.9 Å². The molecule has 7 nitrogen and oxygen atoms in total. The number of carbonyl (C=O) groups excluding carboxylic acids is 1. The smallest absolute Gasteiger partial charge is 0.416 e. The van der Waals surface area contributed by atoms with Crippen molar-refractivity contribution < 1.29 is 32.2 Å². The van der Waals surface area contributed by atoms with Crippen molar-refractivity contribution in [1.29, 1.82) is 0 Å². The second kappa shape index (κ2) is 11.6. The molecule has 0 atom stereocenters. The van der Waals surface area contributed by atoms with Crippen LogP contribution in [0.2, 0.25) is 0 Å². The molecule has 0 aliphatic heterocycles. The minimum atomic E-state index is -4.41. The number of aromatic nitrogens is 3. The Bertz CT molecular complexity index is 1420. The molecule has 0 saturated heterocycles. The van der Waals surface area contributed by atoms with Crippen LogP contribution in [-0.2, 0) is 40.0 Å². The molecule has 2 aromatic carbocycles. The van der Waals surface area contributed by atoms with E-state index in [0.29, 0.717) is 48.2 Å². The van der Waals surface area contributed by atoms with Gasteiger partial charge < -0.3 is 18.8 Å². The number of benzene rings is 2. The lowest BCUT2D eigenvalue weighted by molar-refractivity contribution is -0.143. The van der Waals surface area contributed by atoms with E-state index in [1.54, 1.807) is 18.6 Å². The van der Waals surface area contributed by atoms with Crippen molar-refractivity contribution >= 4 is 16.9 Å². The molecule has 4 aromatic rings. The van der Waals surface area contributed by atoms with Gasteiger partial charge in [-0.15, -0.1) is 0 Å². The summed E-state index contributed by atoms with van der Waals surface area (Å²) in [4.78, 5) is 21.2. The summed E-state index contributed by atoms with van der Waals surface area (Å²) in [5, 5.41) is 0.961. The summed E-state index contributed by atoms with van der Waals surface area (Å²) < 4.78 is 57.1. The number of fused-ring (bicyclic) bond motifs is 1. The van der Waals surface area contributed by atoms with Gasteiger partial charge in [-0.05, 0) is 49.6 Å². The summed E-state index contributed by atoms with van der Waals surface area (Å²) >= 11 is 0. The maximum atomic E-state index is 13.0. The van der Waals surface area contributed by atoms with Crippen molar-refractivity contribution in [2.45, 2.75) is 39.6 Å². The first-order chi connectivity index (χ1) is 18.2. The second-order valence-corrected chi connectivity index (χ2v) is 8.63. The summed E-state index contributed by atoms with van der Waals surface area (Å²) in [6.45, 7) is 4.58. The standard InChI is InChI=1S/C28H28F3N3O4/c1-4-37-26(35)16-34-13-11-19-7-10-22(15-25(19)34)38-17-23-18(2)32-27(33-24(23)12-14-36-3)20-5-8-21(9-6-20)28(29,30)31/h5-11,13,15H,4,12,14,16-17H2,1-3H3. The molecule has 0 fully saturated rings. The van der Waals surface area contributed by atoms with E-state index in [4.69, 9.17) is 14.2 Å². The number of alkyl halides is 3. The quantitative estimate of drug-likeness (QED) is 0.244. The van der Waals surface area contributed by atoms with Gasteiger partial charge in [0.05, 0.1) is 30.0 Å². The first kappa shape index (κ1) is 27.1. The van der Waals surface area contributed by atoms with E-state index in [1.807, 2.05) is 37.4 Å². The summed E-state index contributed by atoms with van der Waals surface area (Å²) in [7, 11) is 1.58. The van der Waals surface area contributed by atoms with E-state index < -0.39 is 11.7 Å². The molecule has 0 radical (unpaired) electrons. The van der Waals surface area contributed by atoms with E-state index in [2.05, 4.69) is 9.97 Å². The van der Waals surface area contributed by atoms with Crippen molar-refractivity contribution in [2.75, 3.05) is 20.3 Å². The molecular formula is C28H28F3N3O4. The molecule has 2 heterocycles. The van der Waals surface area contributed by atoms with Gasteiger partial charge in [-0.1, -0.05) is 12.1 Å². The van der Waals surface area contributed by atoms with E-state index in [0.717, 1.165) is 28.6 Å². The van der Waals surface area contributed by atoms with Crippen LogP contribution in [0.4, 0.5) is 13.2 Å². The fourth-order valence-electron chi connectivity index (χ4n) is 4.08. The monoisotopic (exact) mass is 527 g/mol. The molecule has 0 unspecified atom stereocenters. The van der Waals surface area contributed by atoms with Gasteiger partial charge in [0.25, 0.3) is 0 Å². The highest BCUT2D eigenvalue weighted by Crippen LogP contribution is 2.31. The minimum absolute atomic E-state index is 0.0975. The van der Waals surface area contributed by atoms with E-state index in [1.165, 1.54) is 12.1 Å². The summed E-state index contributed by atoms with van der Waals surface area (Å²) in [6.07, 6.45) is -2.11. The molecule has 0 amide bonds. The van der Waals surface area contributed by atoms with Gasteiger partial charge in [-0.25, -0.2) is 9.97 Å². The SMILES string of the molecule is CCOC(=O)Cn1ccc2ccc(OCc3c(C)nc(-c4ccc(C(F)(F)F)cc4)nc3CCOC)cc21. The zero-order valence-corrected chi connectivity index (χ0v) is 21.3. The van der Waals surface area contributed by atoms with Crippen LogP contribution >= 0.6 is 0 Å². The highest BCUT2D eigenvalue weighted by Gasteiger charge is 2.30. The van der Waals surface area contributed by atoms with Gasteiger partial charge in [0.2, 0.25) is 0 Å². The first-order valence-corrected chi connectivity index (χ1v) is 12.1. The third kappa shape index (κ3) is 6.31. The number of rotatable bonds is 10. The molecule has 10 heteroatoms. The van der Waals surface area contributed by atoms with Crippen molar-refractivity contribution in [1.82, 2.24) is 14.5 Å². The molecule has 0 N–H and O–H groups in total. The third-order valence-corrected chi connectivity index (χ3v) is 6.05. The molecular weight excluding hydrogens is 499 g/mol. The molecule has 38 heavy (non-hydrogen) atoms. The highest BCUT2D eigenvalue weighted by molar-refractivity contribution is 5.83. The fraction of sp³-hybridized carbons (Fsp3) is 0.321. The van der Waals surface area contributed by atoms with Crippen molar-refractivity contribution in [3.8, 4) is 17.1 Å². The molecule has 200 valence electrons. The third-order valence-electron chi connectivity index (χ3n) is 6.05. The number of nitrogens with zero attached hydrogens (tertiary/aromatic N) is 3. The molecule has 0 saturated carbocycles. The summed E-state index contributed by atoms with van der Waals surface area (Å²) in [5.74, 6) is 0.620. The Labute approximate surface area is 218 Å². The van der Waals surface area contributed by atoms with Crippen LogP contribution in [0.3, 0.4) is 0 Å². The zero-order chi connectivity index (χ0) is 27.3. The van der Waals surface area contributed by atoms with Crippen LogP contribution in [-0.4, -0.2) is 40.8 Å². The Balaban J connectivity index is 1.58. The average Bonchev–Trinajstić information content (AvgIpc) is 3.28. The van der Waals surface area contributed by atoms with Gasteiger partial charge in [0.15, 0.2) is 5.82 Å². The normalized spacial score (nSPS) is 11.6. The first-order valence-electron chi connectivity index (χ1n) is 12.1. The van der Waals surface area contributed by atoms with E-state index in [-0.39, 0.29) is 19.1 Å². The lowest BCUT2D eigenvalue weighted by atomic mass is 10.1. The fourth-order valence-corrected chi connectivity index (χ4v) is 4.08. The number of ether oxygens (including phenoxy) is 3. The topological polar surface area (TPSA) is 75.5 Å². The highest BCUT2D eigenvalue weighted by atomic mass is 19.4. The van der Waals surface area contributed by atoms with Crippen molar-refractivity contribution in [2.24, 2.45) is 0 Å². The Morgan fingerprint density at radius 1 is 1.05 bits per heavy atom. The Morgan fingerprint density at radius 2 is 1.82 bits per heavy atom. The predicted octanol–water partition coefficient (Wildman–Crippen LogP) is 5.76. The van der Waals surface area contributed by atoms with Crippen molar-refractivity contribution in [3.05, 3.63) is 77.2 Å². The van der Waals surface area contributed by atoms with Crippen LogP contribution in [0.1, 0.15) is 29.4 Å². The predicted molar refractivity (Wildman–Crippen MR) is 136 cm³/mol. The number of carbonyl (C=O) groups is 1. The lowest BCUT2D eigenvalue weighted by Crippen LogP contribution is -2.12. The maximum absolute atomic E-state index is 13.0.